The van der Waals surface area contributed by atoms with Crippen molar-refractivity contribution in [2.75, 3.05) is 0 Å². The topological polar surface area (TPSA) is 80.4 Å². The number of hydrogen-bond donors (Lipinski definition) is 2. The van der Waals surface area contributed by atoms with Crippen LogP contribution in [0.25, 0.3) is 0 Å². The first-order valence-corrected chi connectivity index (χ1v) is 6.65. The molecule has 0 aliphatic rings. The molecule has 1 aromatic carbocycles. The van der Waals surface area contributed by atoms with Gasteiger partial charge in [-0.1, -0.05) is 36.6 Å². The molecule has 0 fully saturated rings. The Morgan fingerprint density at radius 2 is 1.79 bits per heavy atom. The van der Waals surface area contributed by atoms with Gasteiger partial charge in [-0.15, -0.1) is 0 Å². The van der Waals surface area contributed by atoms with Crippen LogP contribution in [0, 0.1) is 5.92 Å². The van der Waals surface area contributed by atoms with Crippen molar-refractivity contribution in [3.8, 4) is 0 Å². The molecule has 0 aliphatic heterocycles. The van der Waals surface area contributed by atoms with Gasteiger partial charge in [-0.05, 0) is 37.0 Å². The van der Waals surface area contributed by atoms with Crippen molar-refractivity contribution in [3.05, 3.63) is 34.9 Å². The van der Waals surface area contributed by atoms with Gasteiger partial charge in [-0.25, -0.2) is 0 Å². The molecule has 1 atom stereocenters. The van der Waals surface area contributed by atoms with Crippen LogP contribution in [0.5, 0.6) is 0 Å². The molecule has 0 heterocycles. The number of amides is 1. The highest BCUT2D eigenvalue weighted by atomic mass is 35.5. The number of aryl methyl sites for hydroxylation is 1. The largest absolute Gasteiger partial charge is 0.481 e. The Morgan fingerprint density at radius 3 is 2.32 bits per heavy atom. The van der Waals surface area contributed by atoms with Crippen molar-refractivity contribution in [1.82, 2.24) is 0 Å². The molecule has 0 saturated heterocycles. The number of rotatable bonds is 8. The molecule has 5 heteroatoms. The van der Waals surface area contributed by atoms with Gasteiger partial charge in [0.05, 0.1) is 0 Å². The molecule has 0 spiro atoms. The number of carbonyl (C=O) groups is 2. The van der Waals surface area contributed by atoms with Crippen molar-refractivity contribution in [1.29, 1.82) is 0 Å². The average Bonchev–Trinajstić information content (AvgIpc) is 2.34. The van der Waals surface area contributed by atoms with E-state index in [1.165, 1.54) is 5.56 Å². The van der Waals surface area contributed by atoms with E-state index < -0.39 is 17.8 Å². The number of aliphatic carboxylic acids is 1. The summed E-state index contributed by atoms with van der Waals surface area (Å²) in [5, 5.41) is 9.51. The van der Waals surface area contributed by atoms with Crippen LogP contribution < -0.4 is 5.73 Å². The average molecular weight is 284 g/mol. The fraction of sp³-hybridized carbons (Fsp3) is 0.429. The van der Waals surface area contributed by atoms with Crippen LogP contribution in [0.2, 0.25) is 5.02 Å². The van der Waals surface area contributed by atoms with Gasteiger partial charge in [0.2, 0.25) is 5.91 Å². The van der Waals surface area contributed by atoms with Crippen LogP contribution in [0.4, 0.5) is 0 Å². The third-order valence-electron chi connectivity index (χ3n) is 3.01. The maximum absolute atomic E-state index is 10.9. The van der Waals surface area contributed by atoms with E-state index in [-0.39, 0.29) is 0 Å². The zero-order valence-electron chi connectivity index (χ0n) is 10.6. The Bertz CT molecular complexity index is 417. The van der Waals surface area contributed by atoms with Gasteiger partial charge in [0.15, 0.2) is 0 Å². The lowest BCUT2D eigenvalue weighted by molar-refractivity contribution is -0.146. The number of carboxylic acid groups (broad SMARTS) is 1. The molecule has 0 aliphatic carbocycles. The van der Waals surface area contributed by atoms with E-state index in [0.29, 0.717) is 12.8 Å². The Labute approximate surface area is 117 Å². The van der Waals surface area contributed by atoms with Crippen LogP contribution in [-0.4, -0.2) is 17.0 Å². The predicted octanol–water partition coefficient (Wildman–Crippen LogP) is 2.63. The number of unbranched alkanes of at least 4 members (excludes halogenated alkanes) is 2. The Hall–Kier alpha value is -1.55. The number of halogens is 1. The minimum Gasteiger partial charge on any atom is -0.481 e. The van der Waals surface area contributed by atoms with E-state index in [4.69, 9.17) is 22.4 Å². The third-order valence-corrected chi connectivity index (χ3v) is 3.27. The fourth-order valence-electron chi connectivity index (χ4n) is 1.89. The van der Waals surface area contributed by atoms with Gasteiger partial charge in [0, 0.05) is 5.02 Å². The quantitative estimate of drug-likeness (QED) is 0.568. The van der Waals surface area contributed by atoms with Crippen molar-refractivity contribution >= 4 is 23.5 Å². The smallest absolute Gasteiger partial charge is 0.316 e. The molecule has 0 bridgehead atoms. The van der Waals surface area contributed by atoms with Crippen molar-refractivity contribution in [2.24, 2.45) is 11.7 Å². The fourth-order valence-corrected chi connectivity index (χ4v) is 2.02. The van der Waals surface area contributed by atoms with E-state index in [9.17, 15) is 9.59 Å². The standard InChI is InChI=1S/C14H18ClNO3/c15-11-8-6-10(7-9-11)4-2-1-3-5-12(13(16)17)14(18)19/h6-9,12H,1-5H2,(H2,16,17)(H,18,19). The Morgan fingerprint density at radius 1 is 1.16 bits per heavy atom. The summed E-state index contributed by atoms with van der Waals surface area (Å²) in [7, 11) is 0. The second kappa shape index (κ2) is 7.79. The lowest BCUT2D eigenvalue weighted by Gasteiger charge is -2.07. The lowest BCUT2D eigenvalue weighted by atomic mass is 9.99. The molecule has 1 aromatic rings. The van der Waals surface area contributed by atoms with Crippen LogP contribution in [-0.2, 0) is 16.0 Å². The molecule has 0 aromatic heterocycles. The molecule has 0 radical (unpaired) electrons. The summed E-state index contributed by atoms with van der Waals surface area (Å²) in [6.07, 6.45) is 3.75. The third kappa shape index (κ3) is 5.75. The summed E-state index contributed by atoms with van der Waals surface area (Å²) in [5.74, 6) is -2.95. The molecule has 0 saturated carbocycles. The van der Waals surface area contributed by atoms with Gasteiger partial charge < -0.3 is 10.8 Å². The van der Waals surface area contributed by atoms with Crippen molar-refractivity contribution in [2.45, 2.75) is 32.1 Å². The van der Waals surface area contributed by atoms with E-state index in [1.807, 2.05) is 24.3 Å². The molecule has 1 unspecified atom stereocenters. The highest BCUT2D eigenvalue weighted by Gasteiger charge is 2.22. The van der Waals surface area contributed by atoms with Gasteiger partial charge >= 0.3 is 5.97 Å². The highest BCUT2D eigenvalue weighted by molar-refractivity contribution is 6.30. The molecule has 19 heavy (non-hydrogen) atoms. The van der Waals surface area contributed by atoms with Gasteiger partial charge in [0.25, 0.3) is 0 Å². The SMILES string of the molecule is NC(=O)C(CCCCCc1ccc(Cl)cc1)C(=O)O. The zero-order valence-corrected chi connectivity index (χ0v) is 11.4. The van der Waals surface area contributed by atoms with E-state index in [2.05, 4.69) is 0 Å². The monoisotopic (exact) mass is 283 g/mol. The van der Waals surface area contributed by atoms with Gasteiger partial charge in [0.1, 0.15) is 5.92 Å². The summed E-state index contributed by atoms with van der Waals surface area (Å²) in [6.45, 7) is 0. The predicted molar refractivity (Wildman–Crippen MR) is 73.9 cm³/mol. The first-order valence-electron chi connectivity index (χ1n) is 6.27. The van der Waals surface area contributed by atoms with Crippen LogP contribution in [0.15, 0.2) is 24.3 Å². The zero-order chi connectivity index (χ0) is 14.3. The summed E-state index contributed by atoms with van der Waals surface area (Å²) in [5.41, 5.74) is 6.23. The first-order chi connectivity index (χ1) is 9.00. The molecule has 3 N–H and O–H groups in total. The van der Waals surface area contributed by atoms with Crippen molar-refractivity contribution < 1.29 is 14.7 Å². The summed E-state index contributed by atoms with van der Waals surface area (Å²) >= 11 is 5.79. The Balaban J connectivity index is 2.22. The normalized spacial score (nSPS) is 12.1. The molecule has 1 rings (SSSR count). The summed E-state index contributed by atoms with van der Waals surface area (Å²) in [6, 6.07) is 7.66. The first kappa shape index (κ1) is 15.5. The highest BCUT2D eigenvalue weighted by Crippen LogP contribution is 2.14. The van der Waals surface area contributed by atoms with Crippen molar-refractivity contribution in [3.63, 3.8) is 0 Å². The number of nitrogens with two attached hydrogens (primary N) is 1. The summed E-state index contributed by atoms with van der Waals surface area (Å²) in [4.78, 5) is 21.6. The van der Waals surface area contributed by atoms with E-state index in [0.717, 1.165) is 24.3 Å². The molecular weight excluding hydrogens is 266 g/mol. The van der Waals surface area contributed by atoms with Gasteiger partial charge in [-0.3, -0.25) is 9.59 Å². The number of carbonyl (C=O) groups excluding carboxylic acids is 1. The number of benzene rings is 1. The second-order valence-corrected chi connectivity index (χ2v) is 4.96. The number of carboxylic acids is 1. The number of primary amides is 1. The molecular formula is C14H18ClNO3. The molecule has 4 nitrogen and oxygen atoms in total. The second-order valence-electron chi connectivity index (χ2n) is 4.52. The maximum atomic E-state index is 10.9. The maximum Gasteiger partial charge on any atom is 0.316 e. The molecule has 1 amide bonds. The summed E-state index contributed by atoms with van der Waals surface area (Å²) < 4.78 is 0. The number of hydrogen-bond acceptors (Lipinski definition) is 2. The van der Waals surface area contributed by atoms with Crippen LogP contribution in [0.1, 0.15) is 31.2 Å². The van der Waals surface area contributed by atoms with Crippen LogP contribution in [0.3, 0.4) is 0 Å². The van der Waals surface area contributed by atoms with E-state index >= 15 is 0 Å². The van der Waals surface area contributed by atoms with E-state index in [1.54, 1.807) is 0 Å². The minimum atomic E-state index is -1.13. The minimum absolute atomic E-state index is 0.311. The Kier molecular flexibility index (Phi) is 6.36. The van der Waals surface area contributed by atoms with Crippen LogP contribution >= 0.6 is 11.6 Å². The lowest BCUT2D eigenvalue weighted by Crippen LogP contribution is -2.30. The van der Waals surface area contributed by atoms with Gasteiger partial charge in [-0.2, -0.15) is 0 Å². The molecule has 104 valence electrons.